The van der Waals surface area contributed by atoms with E-state index in [4.69, 9.17) is 4.74 Å². The maximum Gasteiger partial charge on any atom is 0.265 e. The molecule has 0 spiro atoms. The first kappa shape index (κ1) is 13.6. The van der Waals surface area contributed by atoms with Crippen LogP contribution in [0.15, 0.2) is 30.3 Å². The van der Waals surface area contributed by atoms with E-state index in [9.17, 15) is 4.79 Å². The number of nitrogens with one attached hydrogen (secondary N) is 1. The van der Waals surface area contributed by atoms with Crippen LogP contribution in [-0.4, -0.2) is 22.8 Å². The fraction of sp³-hybridized carbons (Fsp3) is 0.200. The lowest BCUT2D eigenvalue weighted by Gasteiger charge is -2.08. The highest BCUT2D eigenvalue weighted by atomic mass is 32.1. The predicted molar refractivity (Wildman–Crippen MR) is 84.3 cm³/mol. The molecule has 1 aromatic carbocycles. The Kier molecular flexibility index (Phi) is 3.39. The van der Waals surface area contributed by atoms with Crippen LogP contribution in [0.2, 0.25) is 0 Å². The van der Waals surface area contributed by atoms with E-state index in [0.717, 1.165) is 15.9 Å². The number of carbonyl (C=O) groups is 1. The Balaban J connectivity index is 1.92. The van der Waals surface area contributed by atoms with E-state index in [2.05, 4.69) is 10.4 Å². The van der Waals surface area contributed by atoms with Crippen molar-refractivity contribution in [3.05, 3.63) is 40.9 Å². The second kappa shape index (κ2) is 5.21. The number of ether oxygens (including phenoxy) is 1. The first-order valence-electron chi connectivity index (χ1n) is 6.47. The molecule has 3 rings (SSSR count). The van der Waals surface area contributed by atoms with Gasteiger partial charge in [0, 0.05) is 12.4 Å². The van der Waals surface area contributed by atoms with Gasteiger partial charge < -0.3 is 10.1 Å². The molecule has 2 aromatic heterocycles. The molecule has 0 saturated carbocycles. The second-order valence-corrected chi connectivity index (χ2v) is 5.72. The molecule has 0 unspecified atom stereocenters. The predicted octanol–water partition coefficient (Wildman–Crippen LogP) is 3.20. The molecule has 0 fully saturated rings. The topological polar surface area (TPSA) is 56.1 Å². The highest BCUT2D eigenvalue weighted by Crippen LogP contribution is 2.29. The van der Waals surface area contributed by atoms with Gasteiger partial charge in [-0.2, -0.15) is 5.10 Å². The molecule has 2 heterocycles. The summed E-state index contributed by atoms with van der Waals surface area (Å²) >= 11 is 1.43. The van der Waals surface area contributed by atoms with Gasteiger partial charge in [-0.05, 0) is 25.1 Å². The SMILES string of the molecule is COc1ccccc1NC(=O)c1cc2c(C)nn(C)c2s1. The molecule has 3 aromatic rings. The van der Waals surface area contributed by atoms with Crippen molar-refractivity contribution in [2.24, 2.45) is 7.05 Å². The van der Waals surface area contributed by atoms with Gasteiger partial charge >= 0.3 is 0 Å². The van der Waals surface area contributed by atoms with Crippen molar-refractivity contribution in [1.29, 1.82) is 0 Å². The van der Waals surface area contributed by atoms with Crippen molar-refractivity contribution in [3.63, 3.8) is 0 Å². The summed E-state index contributed by atoms with van der Waals surface area (Å²) in [6, 6.07) is 9.23. The molecule has 0 aliphatic rings. The van der Waals surface area contributed by atoms with Crippen molar-refractivity contribution in [2.45, 2.75) is 6.92 Å². The van der Waals surface area contributed by atoms with E-state index in [0.29, 0.717) is 16.3 Å². The minimum atomic E-state index is -0.139. The normalized spacial score (nSPS) is 10.8. The van der Waals surface area contributed by atoms with Crippen LogP contribution in [0.4, 0.5) is 5.69 Å². The van der Waals surface area contributed by atoms with Gasteiger partial charge in [-0.3, -0.25) is 9.48 Å². The minimum Gasteiger partial charge on any atom is -0.495 e. The number of methoxy groups -OCH3 is 1. The van der Waals surface area contributed by atoms with Crippen molar-refractivity contribution >= 4 is 33.1 Å². The number of carbonyl (C=O) groups excluding carboxylic acids is 1. The number of anilines is 1. The third kappa shape index (κ3) is 2.38. The van der Waals surface area contributed by atoms with E-state index < -0.39 is 0 Å². The molecular weight excluding hydrogens is 286 g/mol. The van der Waals surface area contributed by atoms with Gasteiger partial charge in [0.25, 0.3) is 5.91 Å². The standard InChI is InChI=1S/C15H15N3O2S/c1-9-10-8-13(21-15(10)18(2)17-9)14(19)16-11-6-4-5-7-12(11)20-3/h4-8H,1-3H3,(H,16,19). The lowest BCUT2D eigenvalue weighted by atomic mass is 10.2. The molecule has 0 saturated heterocycles. The molecule has 0 aliphatic heterocycles. The fourth-order valence-corrected chi connectivity index (χ4v) is 3.27. The average Bonchev–Trinajstić information content (AvgIpc) is 3.02. The smallest absolute Gasteiger partial charge is 0.265 e. The van der Waals surface area contributed by atoms with E-state index in [1.54, 1.807) is 11.8 Å². The van der Waals surface area contributed by atoms with Crippen molar-refractivity contribution in [3.8, 4) is 5.75 Å². The van der Waals surface area contributed by atoms with E-state index in [-0.39, 0.29) is 5.91 Å². The summed E-state index contributed by atoms with van der Waals surface area (Å²) < 4.78 is 7.04. The number of thiophene rings is 1. The molecule has 21 heavy (non-hydrogen) atoms. The number of fused-ring (bicyclic) bond motifs is 1. The highest BCUT2D eigenvalue weighted by Gasteiger charge is 2.16. The number of hydrogen-bond acceptors (Lipinski definition) is 4. The maximum atomic E-state index is 12.4. The molecule has 108 valence electrons. The van der Waals surface area contributed by atoms with Crippen LogP contribution in [0.25, 0.3) is 10.2 Å². The molecule has 1 amide bonds. The van der Waals surface area contributed by atoms with Crippen LogP contribution in [-0.2, 0) is 7.05 Å². The summed E-state index contributed by atoms with van der Waals surface area (Å²) in [5, 5.41) is 8.24. The van der Waals surface area contributed by atoms with Gasteiger partial charge in [-0.25, -0.2) is 0 Å². The van der Waals surface area contributed by atoms with Crippen LogP contribution in [0.1, 0.15) is 15.4 Å². The molecule has 6 heteroatoms. The zero-order valence-electron chi connectivity index (χ0n) is 12.0. The van der Waals surface area contributed by atoms with Crippen LogP contribution in [0.3, 0.4) is 0 Å². The van der Waals surface area contributed by atoms with Gasteiger partial charge in [0.1, 0.15) is 10.6 Å². The van der Waals surface area contributed by atoms with Crippen molar-refractivity contribution in [2.75, 3.05) is 12.4 Å². The summed E-state index contributed by atoms with van der Waals surface area (Å²) in [5.74, 6) is 0.505. The van der Waals surface area contributed by atoms with E-state index in [1.165, 1.54) is 11.3 Å². The first-order valence-corrected chi connectivity index (χ1v) is 7.29. The number of rotatable bonds is 3. The van der Waals surface area contributed by atoms with Gasteiger partial charge in [0.05, 0.1) is 23.4 Å². The maximum absolute atomic E-state index is 12.4. The number of aryl methyl sites for hydroxylation is 2. The summed E-state index contributed by atoms with van der Waals surface area (Å²) in [6.45, 7) is 1.94. The average molecular weight is 301 g/mol. The molecule has 0 atom stereocenters. The molecule has 0 bridgehead atoms. The first-order chi connectivity index (χ1) is 10.1. The Labute approximate surface area is 126 Å². The van der Waals surface area contributed by atoms with E-state index in [1.807, 2.05) is 44.3 Å². The summed E-state index contributed by atoms with van der Waals surface area (Å²) in [5.41, 5.74) is 1.59. The number of hydrogen-bond donors (Lipinski definition) is 1. The second-order valence-electron chi connectivity index (χ2n) is 4.69. The summed E-state index contributed by atoms with van der Waals surface area (Å²) in [7, 11) is 3.47. The van der Waals surface area contributed by atoms with Gasteiger partial charge in [-0.1, -0.05) is 12.1 Å². The Bertz CT molecular complexity index is 785. The van der Waals surface area contributed by atoms with Crippen LogP contribution < -0.4 is 10.1 Å². The largest absolute Gasteiger partial charge is 0.495 e. The van der Waals surface area contributed by atoms with Crippen molar-refractivity contribution < 1.29 is 9.53 Å². The molecule has 0 aliphatic carbocycles. The molecule has 0 radical (unpaired) electrons. The Hall–Kier alpha value is -2.34. The number of benzene rings is 1. The minimum absolute atomic E-state index is 0.139. The third-order valence-corrected chi connectivity index (χ3v) is 4.48. The lowest BCUT2D eigenvalue weighted by molar-refractivity contribution is 0.103. The third-order valence-electron chi connectivity index (χ3n) is 3.28. The van der Waals surface area contributed by atoms with Crippen LogP contribution in [0, 0.1) is 6.92 Å². The van der Waals surface area contributed by atoms with Gasteiger partial charge in [0.2, 0.25) is 0 Å². The number of nitrogens with zero attached hydrogens (tertiary/aromatic N) is 2. The summed E-state index contributed by atoms with van der Waals surface area (Å²) in [6.07, 6.45) is 0. The Morgan fingerprint density at radius 3 is 2.86 bits per heavy atom. The fourth-order valence-electron chi connectivity index (χ4n) is 2.25. The monoisotopic (exact) mass is 301 g/mol. The number of para-hydroxylation sites is 2. The van der Waals surface area contributed by atoms with Crippen molar-refractivity contribution in [1.82, 2.24) is 9.78 Å². The van der Waals surface area contributed by atoms with Gasteiger partial charge in [0.15, 0.2) is 0 Å². The van der Waals surface area contributed by atoms with Gasteiger partial charge in [-0.15, -0.1) is 11.3 Å². The molecular formula is C15H15N3O2S. The zero-order chi connectivity index (χ0) is 15.0. The van der Waals surface area contributed by atoms with E-state index >= 15 is 0 Å². The lowest BCUT2D eigenvalue weighted by Crippen LogP contribution is -2.11. The molecule has 5 nitrogen and oxygen atoms in total. The Morgan fingerprint density at radius 2 is 2.14 bits per heavy atom. The highest BCUT2D eigenvalue weighted by molar-refractivity contribution is 7.20. The number of amides is 1. The van der Waals surface area contributed by atoms with Crippen LogP contribution >= 0.6 is 11.3 Å². The Morgan fingerprint density at radius 1 is 1.38 bits per heavy atom. The zero-order valence-corrected chi connectivity index (χ0v) is 12.8. The number of aromatic nitrogens is 2. The molecule has 1 N–H and O–H groups in total. The van der Waals surface area contributed by atoms with Crippen LogP contribution in [0.5, 0.6) is 5.75 Å². The quantitative estimate of drug-likeness (QED) is 0.808. The summed E-state index contributed by atoms with van der Waals surface area (Å²) in [4.78, 5) is 14.0.